The third kappa shape index (κ3) is 5.53. The fourth-order valence-electron chi connectivity index (χ4n) is 1.06. The largest absolute Gasteiger partial charge is 0.466 e. The highest BCUT2D eigenvalue weighted by atomic mass is 16.5. The minimum Gasteiger partial charge on any atom is -0.466 e. The molecule has 0 spiro atoms. The third-order valence-electron chi connectivity index (χ3n) is 1.76. The molecular formula is C13H14O2. The molecular weight excluding hydrogens is 188 g/mol. The molecule has 0 unspecified atom stereocenters. The normalized spacial score (nSPS) is 8.87. The van der Waals surface area contributed by atoms with Gasteiger partial charge >= 0.3 is 5.97 Å². The van der Waals surface area contributed by atoms with Crippen LogP contribution in [-0.2, 0) is 9.53 Å². The minimum atomic E-state index is -0.231. The molecule has 0 atom stereocenters. The minimum absolute atomic E-state index is 0.231. The van der Waals surface area contributed by atoms with Crippen molar-refractivity contribution >= 4 is 5.97 Å². The zero-order chi connectivity index (χ0) is 10.9. The smallest absolute Gasteiger partial charge is 0.302 e. The highest BCUT2D eigenvalue weighted by molar-refractivity contribution is 5.65. The van der Waals surface area contributed by atoms with Gasteiger partial charge in [0, 0.05) is 18.9 Å². The molecule has 2 nitrogen and oxygen atoms in total. The molecule has 0 saturated heterocycles. The summed E-state index contributed by atoms with van der Waals surface area (Å²) < 4.78 is 4.79. The average Bonchev–Trinajstić information content (AvgIpc) is 2.24. The van der Waals surface area contributed by atoms with Gasteiger partial charge in [0.05, 0.1) is 6.61 Å². The zero-order valence-corrected chi connectivity index (χ0v) is 8.82. The van der Waals surface area contributed by atoms with Crippen molar-refractivity contribution < 1.29 is 9.53 Å². The van der Waals surface area contributed by atoms with Crippen LogP contribution in [0, 0.1) is 11.8 Å². The molecule has 15 heavy (non-hydrogen) atoms. The Morgan fingerprint density at radius 3 is 2.73 bits per heavy atom. The average molecular weight is 202 g/mol. The van der Waals surface area contributed by atoms with Gasteiger partial charge in [0.2, 0.25) is 0 Å². The third-order valence-corrected chi connectivity index (χ3v) is 1.76. The molecule has 0 bridgehead atoms. The lowest BCUT2D eigenvalue weighted by atomic mass is 10.2. The van der Waals surface area contributed by atoms with Crippen LogP contribution in [0.4, 0.5) is 0 Å². The van der Waals surface area contributed by atoms with Crippen molar-refractivity contribution in [3.8, 4) is 11.8 Å². The van der Waals surface area contributed by atoms with Crippen LogP contribution in [-0.4, -0.2) is 12.6 Å². The maximum absolute atomic E-state index is 10.4. The van der Waals surface area contributed by atoms with E-state index in [2.05, 4.69) is 11.8 Å². The van der Waals surface area contributed by atoms with Crippen LogP contribution in [0.1, 0.15) is 25.3 Å². The SMILES string of the molecule is CC(=O)OCCCC#Cc1ccccc1. The van der Waals surface area contributed by atoms with Crippen molar-refractivity contribution in [2.45, 2.75) is 19.8 Å². The van der Waals surface area contributed by atoms with Gasteiger partial charge in [-0.1, -0.05) is 30.0 Å². The van der Waals surface area contributed by atoms with Crippen LogP contribution in [0.2, 0.25) is 0 Å². The van der Waals surface area contributed by atoms with E-state index in [0.717, 1.165) is 18.4 Å². The van der Waals surface area contributed by atoms with Crippen LogP contribution in [0.3, 0.4) is 0 Å². The topological polar surface area (TPSA) is 26.3 Å². The van der Waals surface area contributed by atoms with Gasteiger partial charge in [-0.2, -0.15) is 0 Å². The molecule has 0 aliphatic heterocycles. The molecule has 0 N–H and O–H groups in total. The number of hydrogen-bond donors (Lipinski definition) is 0. The number of rotatable bonds is 3. The van der Waals surface area contributed by atoms with E-state index in [0.29, 0.717) is 6.61 Å². The van der Waals surface area contributed by atoms with Crippen molar-refractivity contribution in [3.63, 3.8) is 0 Å². The fraction of sp³-hybridized carbons (Fsp3) is 0.308. The second kappa shape index (κ2) is 6.67. The summed E-state index contributed by atoms with van der Waals surface area (Å²) in [4.78, 5) is 10.4. The summed E-state index contributed by atoms with van der Waals surface area (Å²) >= 11 is 0. The maximum Gasteiger partial charge on any atom is 0.302 e. The van der Waals surface area contributed by atoms with Crippen LogP contribution in [0.25, 0.3) is 0 Å². The molecule has 0 aromatic heterocycles. The van der Waals surface area contributed by atoms with Crippen molar-refractivity contribution in [3.05, 3.63) is 35.9 Å². The van der Waals surface area contributed by atoms with Gasteiger partial charge in [-0.15, -0.1) is 0 Å². The van der Waals surface area contributed by atoms with E-state index in [1.165, 1.54) is 6.92 Å². The number of hydrogen-bond acceptors (Lipinski definition) is 2. The number of benzene rings is 1. The van der Waals surface area contributed by atoms with E-state index < -0.39 is 0 Å². The molecule has 0 fully saturated rings. The van der Waals surface area contributed by atoms with E-state index in [1.54, 1.807) is 0 Å². The Morgan fingerprint density at radius 2 is 2.07 bits per heavy atom. The summed E-state index contributed by atoms with van der Waals surface area (Å²) in [6.07, 6.45) is 1.54. The summed E-state index contributed by atoms with van der Waals surface area (Å²) in [6.45, 7) is 1.87. The second-order valence-corrected chi connectivity index (χ2v) is 3.11. The maximum atomic E-state index is 10.4. The summed E-state index contributed by atoms with van der Waals surface area (Å²) in [5.41, 5.74) is 1.02. The predicted molar refractivity (Wildman–Crippen MR) is 59.2 cm³/mol. The van der Waals surface area contributed by atoms with Gasteiger partial charge in [0.1, 0.15) is 0 Å². The molecule has 0 radical (unpaired) electrons. The first kappa shape index (κ1) is 11.3. The molecule has 1 aromatic carbocycles. The fourth-order valence-corrected chi connectivity index (χ4v) is 1.06. The first-order valence-electron chi connectivity index (χ1n) is 4.96. The van der Waals surface area contributed by atoms with Crippen LogP contribution >= 0.6 is 0 Å². The van der Waals surface area contributed by atoms with Crippen LogP contribution in [0.15, 0.2) is 30.3 Å². The van der Waals surface area contributed by atoms with Gasteiger partial charge in [-0.25, -0.2) is 0 Å². The van der Waals surface area contributed by atoms with Gasteiger partial charge in [-0.05, 0) is 18.6 Å². The lowest BCUT2D eigenvalue weighted by Crippen LogP contribution is -1.99. The zero-order valence-electron chi connectivity index (χ0n) is 8.82. The predicted octanol–water partition coefficient (Wildman–Crippen LogP) is 2.38. The number of carbonyl (C=O) groups excluding carboxylic acids is 1. The first-order chi connectivity index (χ1) is 7.29. The number of esters is 1. The Morgan fingerprint density at radius 1 is 1.33 bits per heavy atom. The Labute approximate surface area is 90.3 Å². The molecule has 0 heterocycles. The van der Waals surface area contributed by atoms with Crippen molar-refractivity contribution in [1.29, 1.82) is 0 Å². The molecule has 0 saturated carbocycles. The van der Waals surface area contributed by atoms with E-state index in [9.17, 15) is 4.79 Å². The quantitative estimate of drug-likeness (QED) is 0.427. The van der Waals surface area contributed by atoms with Gasteiger partial charge < -0.3 is 4.74 Å². The molecule has 0 aliphatic rings. The molecule has 1 aromatic rings. The van der Waals surface area contributed by atoms with E-state index in [4.69, 9.17) is 4.74 Å². The lowest BCUT2D eigenvalue weighted by Gasteiger charge is -1.96. The molecule has 0 amide bonds. The standard InChI is InChI=1S/C13H14O2/c1-12(14)15-11-7-3-6-10-13-8-4-2-5-9-13/h2,4-5,8-9H,3,7,11H2,1H3. The Bertz CT molecular complexity index is 357. The Balaban J connectivity index is 2.20. The van der Waals surface area contributed by atoms with Gasteiger partial charge in [0.25, 0.3) is 0 Å². The summed E-state index contributed by atoms with van der Waals surface area (Å²) in [6, 6.07) is 9.83. The molecule has 2 heteroatoms. The molecule has 78 valence electrons. The van der Waals surface area contributed by atoms with E-state index in [-0.39, 0.29) is 5.97 Å². The number of ether oxygens (including phenoxy) is 1. The Hall–Kier alpha value is -1.75. The van der Waals surface area contributed by atoms with Gasteiger partial charge in [0.15, 0.2) is 0 Å². The van der Waals surface area contributed by atoms with Crippen molar-refractivity contribution in [2.24, 2.45) is 0 Å². The number of carbonyl (C=O) groups is 1. The van der Waals surface area contributed by atoms with Crippen LogP contribution in [0.5, 0.6) is 0 Å². The molecule has 1 rings (SSSR count). The molecule has 0 aliphatic carbocycles. The highest BCUT2D eigenvalue weighted by Gasteiger charge is 1.90. The van der Waals surface area contributed by atoms with E-state index >= 15 is 0 Å². The first-order valence-corrected chi connectivity index (χ1v) is 4.96. The van der Waals surface area contributed by atoms with Crippen molar-refractivity contribution in [2.75, 3.05) is 6.61 Å². The van der Waals surface area contributed by atoms with Crippen LogP contribution < -0.4 is 0 Å². The lowest BCUT2D eigenvalue weighted by molar-refractivity contribution is -0.141. The van der Waals surface area contributed by atoms with Gasteiger partial charge in [-0.3, -0.25) is 4.79 Å². The van der Waals surface area contributed by atoms with Crippen molar-refractivity contribution in [1.82, 2.24) is 0 Å². The Kier molecular flexibility index (Phi) is 5.03. The monoisotopic (exact) mass is 202 g/mol. The van der Waals surface area contributed by atoms with E-state index in [1.807, 2.05) is 30.3 Å². The second-order valence-electron chi connectivity index (χ2n) is 3.11. The number of unbranched alkanes of at least 4 members (excludes halogenated alkanes) is 1. The highest BCUT2D eigenvalue weighted by Crippen LogP contribution is 1.96. The summed E-state index contributed by atoms with van der Waals surface area (Å²) in [5, 5.41) is 0. The summed E-state index contributed by atoms with van der Waals surface area (Å²) in [7, 11) is 0. The summed E-state index contributed by atoms with van der Waals surface area (Å²) in [5.74, 6) is 5.85.